The lowest BCUT2D eigenvalue weighted by atomic mass is 10.0. The molecule has 0 spiro atoms. The van der Waals surface area contributed by atoms with Gasteiger partial charge in [-0.1, -0.05) is 26.0 Å². The highest BCUT2D eigenvalue weighted by atomic mass is 16.6. The molecule has 1 aliphatic heterocycles. The van der Waals surface area contributed by atoms with E-state index >= 15 is 0 Å². The number of ether oxygens (including phenoxy) is 2. The summed E-state index contributed by atoms with van der Waals surface area (Å²) in [6, 6.07) is 8.00. The first-order chi connectivity index (χ1) is 12.0. The Morgan fingerprint density at radius 1 is 1.16 bits per heavy atom. The zero-order valence-electron chi connectivity index (χ0n) is 15.5. The van der Waals surface area contributed by atoms with Gasteiger partial charge in [-0.2, -0.15) is 0 Å². The maximum atomic E-state index is 11.7. The second kappa shape index (κ2) is 9.63. The summed E-state index contributed by atoms with van der Waals surface area (Å²) in [5.41, 5.74) is 1.27. The molecule has 0 aliphatic carbocycles. The van der Waals surface area contributed by atoms with E-state index in [4.69, 9.17) is 9.47 Å². The number of aliphatic hydroxyl groups is 1. The molecule has 0 saturated carbocycles. The van der Waals surface area contributed by atoms with Gasteiger partial charge in [-0.25, -0.2) is 4.79 Å². The van der Waals surface area contributed by atoms with Crippen LogP contribution in [0.3, 0.4) is 0 Å². The lowest BCUT2D eigenvalue weighted by Crippen LogP contribution is -2.51. The third-order valence-corrected chi connectivity index (χ3v) is 4.36. The van der Waals surface area contributed by atoms with Gasteiger partial charge in [0.05, 0.1) is 6.61 Å². The monoisotopic (exact) mass is 350 g/mol. The maximum Gasteiger partial charge on any atom is 0.409 e. The molecule has 1 heterocycles. The van der Waals surface area contributed by atoms with Crippen LogP contribution in [-0.2, 0) is 4.74 Å². The van der Waals surface area contributed by atoms with Gasteiger partial charge in [0, 0.05) is 32.7 Å². The molecule has 1 atom stereocenters. The molecule has 1 aliphatic rings. The molecule has 1 N–H and O–H groups in total. The number of hydrogen-bond donors (Lipinski definition) is 1. The van der Waals surface area contributed by atoms with Crippen molar-refractivity contribution in [1.29, 1.82) is 0 Å². The van der Waals surface area contributed by atoms with Gasteiger partial charge in [0.15, 0.2) is 0 Å². The summed E-state index contributed by atoms with van der Waals surface area (Å²) in [5.74, 6) is 1.27. The Morgan fingerprint density at radius 3 is 2.36 bits per heavy atom. The first-order valence-corrected chi connectivity index (χ1v) is 9.04. The van der Waals surface area contributed by atoms with Gasteiger partial charge in [0.1, 0.15) is 18.5 Å². The van der Waals surface area contributed by atoms with E-state index in [1.54, 1.807) is 11.8 Å². The van der Waals surface area contributed by atoms with E-state index in [2.05, 4.69) is 30.9 Å². The number of amides is 1. The van der Waals surface area contributed by atoms with Crippen molar-refractivity contribution in [2.75, 3.05) is 45.9 Å². The third kappa shape index (κ3) is 6.21. The molecule has 0 aromatic heterocycles. The zero-order chi connectivity index (χ0) is 18.2. The van der Waals surface area contributed by atoms with E-state index in [9.17, 15) is 9.90 Å². The SMILES string of the molecule is CCOC(=O)N1CCN(CC(O)COc2ccc(C(C)C)cc2)CC1. The average Bonchev–Trinajstić information content (AvgIpc) is 2.61. The van der Waals surface area contributed by atoms with Crippen molar-refractivity contribution in [3.8, 4) is 5.75 Å². The Morgan fingerprint density at radius 2 is 1.80 bits per heavy atom. The number of benzene rings is 1. The van der Waals surface area contributed by atoms with Crippen LogP contribution in [0.1, 0.15) is 32.3 Å². The lowest BCUT2D eigenvalue weighted by Gasteiger charge is -2.34. The fraction of sp³-hybridized carbons (Fsp3) is 0.632. The minimum absolute atomic E-state index is 0.254. The fourth-order valence-corrected chi connectivity index (χ4v) is 2.82. The Bertz CT molecular complexity index is 525. The number of piperazine rings is 1. The Hall–Kier alpha value is -1.79. The summed E-state index contributed by atoms with van der Waals surface area (Å²) in [7, 11) is 0. The highest BCUT2D eigenvalue weighted by Crippen LogP contribution is 2.18. The number of carbonyl (C=O) groups excluding carboxylic acids is 1. The van der Waals surface area contributed by atoms with Crippen LogP contribution in [-0.4, -0.2) is 73.0 Å². The van der Waals surface area contributed by atoms with Crippen molar-refractivity contribution in [2.45, 2.75) is 32.8 Å². The Balaban J connectivity index is 1.69. The summed E-state index contributed by atoms with van der Waals surface area (Å²) in [5, 5.41) is 10.2. The van der Waals surface area contributed by atoms with Crippen LogP contribution in [0.2, 0.25) is 0 Å². The molecule has 0 radical (unpaired) electrons. The predicted octanol–water partition coefficient (Wildman–Crippen LogP) is 2.32. The molecular formula is C19H30N2O4. The van der Waals surface area contributed by atoms with Gasteiger partial charge >= 0.3 is 6.09 Å². The number of nitrogens with zero attached hydrogens (tertiary/aromatic N) is 2. The molecule has 6 heteroatoms. The highest BCUT2D eigenvalue weighted by Gasteiger charge is 2.23. The minimum Gasteiger partial charge on any atom is -0.491 e. The van der Waals surface area contributed by atoms with E-state index in [0.717, 1.165) is 18.8 Å². The van der Waals surface area contributed by atoms with Crippen LogP contribution in [0.15, 0.2) is 24.3 Å². The molecular weight excluding hydrogens is 320 g/mol. The van der Waals surface area contributed by atoms with E-state index in [1.807, 2.05) is 12.1 Å². The molecule has 25 heavy (non-hydrogen) atoms. The lowest BCUT2D eigenvalue weighted by molar-refractivity contribution is 0.0408. The third-order valence-electron chi connectivity index (χ3n) is 4.36. The molecule has 1 aromatic carbocycles. The number of aliphatic hydroxyl groups excluding tert-OH is 1. The molecule has 2 rings (SSSR count). The molecule has 6 nitrogen and oxygen atoms in total. The largest absolute Gasteiger partial charge is 0.491 e. The molecule has 1 fully saturated rings. The summed E-state index contributed by atoms with van der Waals surface area (Å²) in [4.78, 5) is 15.5. The van der Waals surface area contributed by atoms with Crippen LogP contribution >= 0.6 is 0 Å². The summed E-state index contributed by atoms with van der Waals surface area (Å²) >= 11 is 0. The van der Waals surface area contributed by atoms with Gasteiger partial charge in [0.25, 0.3) is 0 Å². The van der Waals surface area contributed by atoms with Crippen molar-refractivity contribution in [1.82, 2.24) is 9.80 Å². The van der Waals surface area contributed by atoms with Crippen LogP contribution in [0.5, 0.6) is 5.75 Å². The van der Waals surface area contributed by atoms with Gasteiger partial charge in [0.2, 0.25) is 0 Å². The van der Waals surface area contributed by atoms with Crippen LogP contribution in [0.25, 0.3) is 0 Å². The fourth-order valence-electron chi connectivity index (χ4n) is 2.82. The Kier molecular flexibility index (Phi) is 7.52. The normalized spacial score (nSPS) is 16.8. The van der Waals surface area contributed by atoms with Crippen molar-refractivity contribution in [3.63, 3.8) is 0 Å². The van der Waals surface area contributed by atoms with Crippen LogP contribution < -0.4 is 4.74 Å². The zero-order valence-corrected chi connectivity index (χ0v) is 15.5. The number of carbonyl (C=O) groups is 1. The smallest absolute Gasteiger partial charge is 0.409 e. The molecule has 140 valence electrons. The van der Waals surface area contributed by atoms with Crippen molar-refractivity contribution in [3.05, 3.63) is 29.8 Å². The van der Waals surface area contributed by atoms with Gasteiger partial charge in [-0.3, -0.25) is 4.90 Å². The topological polar surface area (TPSA) is 62.2 Å². The van der Waals surface area contributed by atoms with E-state index in [-0.39, 0.29) is 12.7 Å². The van der Waals surface area contributed by atoms with Crippen LogP contribution in [0, 0.1) is 0 Å². The van der Waals surface area contributed by atoms with Crippen molar-refractivity contribution in [2.24, 2.45) is 0 Å². The molecule has 1 aromatic rings. The van der Waals surface area contributed by atoms with Crippen LogP contribution in [0.4, 0.5) is 4.79 Å². The Labute approximate surface area is 150 Å². The second-order valence-corrected chi connectivity index (χ2v) is 6.68. The average molecular weight is 350 g/mol. The second-order valence-electron chi connectivity index (χ2n) is 6.68. The molecule has 1 amide bonds. The van der Waals surface area contributed by atoms with E-state index in [0.29, 0.717) is 32.2 Å². The molecule has 1 saturated heterocycles. The van der Waals surface area contributed by atoms with Gasteiger partial charge in [-0.05, 0) is 30.5 Å². The number of β-amino-alcohol motifs (C(OH)–C–C–N with tert-alkyl or cyclic N) is 1. The highest BCUT2D eigenvalue weighted by molar-refractivity contribution is 5.67. The van der Waals surface area contributed by atoms with Gasteiger partial charge < -0.3 is 19.5 Å². The summed E-state index contributed by atoms with van der Waals surface area (Å²) in [6.45, 7) is 10.0. The number of rotatable bonds is 7. The minimum atomic E-state index is -0.557. The summed E-state index contributed by atoms with van der Waals surface area (Å²) in [6.07, 6.45) is -0.810. The molecule has 0 bridgehead atoms. The quantitative estimate of drug-likeness (QED) is 0.818. The summed E-state index contributed by atoms with van der Waals surface area (Å²) < 4.78 is 10.7. The first-order valence-electron chi connectivity index (χ1n) is 9.04. The molecule has 1 unspecified atom stereocenters. The van der Waals surface area contributed by atoms with Gasteiger partial charge in [-0.15, -0.1) is 0 Å². The standard InChI is InChI=1S/C19H30N2O4/c1-4-24-19(23)21-11-9-20(10-12-21)13-17(22)14-25-18-7-5-16(6-8-18)15(2)3/h5-8,15,17,22H,4,9-14H2,1-3H3. The first kappa shape index (κ1) is 19.5. The predicted molar refractivity (Wildman–Crippen MR) is 97.1 cm³/mol. The van der Waals surface area contributed by atoms with E-state index in [1.165, 1.54) is 5.56 Å². The van der Waals surface area contributed by atoms with Crippen molar-refractivity contribution < 1.29 is 19.4 Å². The number of hydrogen-bond acceptors (Lipinski definition) is 5. The van der Waals surface area contributed by atoms with Crippen molar-refractivity contribution >= 4 is 6.09 Å². The van der Waals surface area contributed by atoms with E-state index < -0.39 is 6.10 Å². The maximum absolute atomic E-state index is 11.7.